The molecule has 2 heterocycles. The molecule has 0 saturated heterocycles. The number of amides is 1. The SMILES string of the molecule is Cn1c(NNC(=O)c2cc3ccccc3o2)cc(=O)n(C)c1=O. The van der Waals surface area contributed by atoms with Crippen LogP contribution in [0, 0.1) is 0 Å². The molecule has 8 heteroatoms. The summed E-state index contributed by atoms with van der Waals surface area (Å²) in [7, 11) is 2.86. The first kappa shape index (κ1) is 14.6. The molecule has 3 rings (SSSR count). The molecular weight excluding hydrogens is 300 g/mol. The van der Waals surface area contributed by atoms with E-state index in [1.165, 1.54) is 24.7 Å². The van der Waals surface area contributed by atoms with Crippen LogP contribution >= 0.6 is 0 Å². The van der Waals surface area contributed by atoms with Gasteiger partial charge < -0.3 is 4.42 Å². The quantitative estimate of drug-likeness (QED) is 0.689. The second kappa shape index (κ2) is 5.48. The number of hydrogen-bond acceptors (Lipinski definition) is 5. The fraction of sp³-hybridized carbons (Fsp3) is 0.133. The third-order valence-electron chi connectivity index (χ3n) is 3.48. The van der Waals surface area contributed by atoms with Crippen LogP contribution in [0.15, 0.2) is 50.4 Å². The minimum absolute atomic E-state index is 0.118. The predicted octanol–water partition coefficient (Wildman–Crippen LogP) is 0.587. The molecular formula is C15H14N4O4. The number of rotatable bonds is 3. The van der Waals surface area contributed by atoms with Gasteiger partial charge in [0.05, 0.1) is 0 Å². The highest BCUT2D eigenvalue weighted by Gasteiger charge is 2.13. The van der Waals surface area contributed by atoms with Crippen molar-refractivity contribution in [1.82, 2.24) is 14.6 Å². The number of anilines is 1. The molecule has 2 aromatic heterocycles. The van der Waals surface area contributed by atoms with E-state index in [4.69, 9.17) is 4.42 Å². The van der Waals surface area contributed by atoms with Gasteiger partial charge in [-0.05, 0) is 12.1 Å². The maximum absolute atomic E-state index is 12.1. The van der Waals surface area contributed by atoms with Gasteiger partial charge >= 0.3 is 11.6 Å². The van der Waals surface area contributed by atoms with Gasteiger partial charge in [-0.1, -0.05) is 18.2 Å². The number of nitrogens with one attached hydrogen (secondary N) is 2. The van der Waals surface area contributed by atoms with Crippen LogP contribution in [-0.2, 0) is 14.1 Å². The summed E-state index contributed by atoms with van der Waals surface area (Å²) in [4.78, 5) is 35.5. The highest BCUT2D eigenvalue weighted by atomic mass is 16.3. The number of benzene rings is 1. The average Bonchev–Trinajstić information content (AvgIpc) is 2.99. The fourth-order valence-electron chi connectivity index (χ4n) is 2.13. The highest BCUT2D eigenvalue weighted by Crippen LogP contribution is 2.18. The molecule has 0 saturated carbocycles. The van der Waals surface area contributed by atoms with Gasteiger partial charge in [0.25, 0.3) is 5.56 Å². The predicted molar refractivity (Wildman–Crippen MR) is 84.2 cm³/mol. The molecule has 2 N–H and O–H groups in total. The van der Waals surface area contributed by atoms with E-state index in [0.29, 0.717) is 5.58 Å². The maximum Gasteiger partial charge on any atom is 0.332 e. The zero-order valence-electron chi connectivity index (χ0n) is 12.5. The summed E-state index contributed by atoms with van der Waals surface area (Å²) in [6.45, 7) is 0. The van der Waals surface area contributed by atoms with E-state index in [0.717, 1.165) is 9.95 Å². The molecule has 0 radical (unpaired) electrons. The standard InChI is InChI=1S/C15H14N4O4/c1-18-12(8-13(20)19(2)15(18)22)16-17-14(21)11-7-9-5-3-4-6-10(9)23-11/h3-8,16H,1-2H3,(H,17,21). The molecule has 1 amide bonds. The third-order valence-corrected chi connectivity index (χ3v) is 3.48. The summed E-state index contributed by atoms with van der Waals surface area (Å²) in [6, 6.07) is 10.0. The summed E-state index contributed by atoms with van der Waals surface area (Å²) in [5, 5.41) is 0.804. The molecule has 23 heavy (non-hydrogen) atoms. The molecule has 118 valence electrons. The number of hydrogen-bond donors (Lipinski definition) is 2. The van der Waals surface area contributed by atoms with E-state index >= 15 is 0 Å². The Balaban J connectivity index is 1.82. The summed E-state index contributed by atoms with van der Waals surface area (Å²) in [5.74, 6) is -0.232. The van der Waals surface area contributed by atoms with Gasteiger partial charge in [0, 0.05) is 25.5 Å². The Kier molecular flexibility index (Phi) is 3.49. The largest absolute Gasteiger partial charge is 0.451 e. The van der Waals surface area contributed by atoms with Crippen molar-refractivity contribution in [3.8, 4) is 0 Å². The van der Waals surface area contributed by atoms with Gasteiger partial charge in [0.2, 0.25) is 0 Å². The molecule has 3 aromatic rings. The van der Waals surface area contributed by atoms with E-state index in [2.05, 4.69) is 10.9 Å². The summed E-state index contributed by atoms with van der Waals surface area (Å²) >= 11 is 0. The lowest BCUT2D eigenvalue weighted by molar-refractivity contribution is 0.0937. The first-order chi connectivity index (χ1) is 11.0. The molecule has 0 aliphatic carbocycles. The normalized spacial score (nSPS) is 10.7. The van der Waals surface area contributed by atoms with E-state index in [1.807, 2.05) is 12.1 Å². The van der Waals surface area contributed by atoms with Crippen molar-refractivity contribution >= 4 is 22.7 Å². The Bertz CT molecular complexity index is 979. The smallest absolute Gasteiger partial charge is 0.332 e. The lowest BCUT2D eigenvalue weighted by Crippen LogP contribution is -2.40. The van der Waals surface area contributed by atoms with Gasteiger partial charge in [-0.3, -0.25) is 29.6 Å². The van der Waals surface area contributed by atoms with Gasteiger partial charge in [0.15, 0.2) is 5.76 Å². The lowest BCUT2D eigenvalue weighted by Gasteiger charge is -2.11. The molecule has 0 aliphatic heterocycles. The summed E-state index contributed by atoms with van der Waals surface area (Å²) in [5.41, 5.74) is 4.57. The van der Waals surface area contributed by atoms with E-state index in [-0.39, 0.29) is 11.6 Å². The van der Waals surface area contributed by atoms with Crippen LogP contribution in [0.5, 0.6) is 0 Å². The van der Waals surface area contributed by atoms with Crippen LogP contribution in [0.4, 0.5) is 5.82 Å². The van der Waals surface area contributed by atoms with Crippen molar-refractivity contribution in [1.29, 1.82) is 0 Å². The van der Waals surface area contributed by atoms with Crippen molar-refractivity contribution in [2.45, 2.75) is 0 Å². The van der Waals surface area contributed by atoms with Crippen LogP contribution in [0.2, 0.25) is 0 Å². The highest BCUT2D eigenvalue weighted by molar-refractivity contribution is 5.96. The number of furan rings is 1. The third kappa shape index (κ3) is 2.61. The van der Waals surface area contributed by atoms with E-state index in [9.17, 15) is 14.4 Å². The summed E-state index contributed by atoms with van der Waals surface area (Å²) < 4.78 is 7.60. The van der Waals surface area contributed by atoms with Gasteiger partial charge in [-0.2, -0.15) is 0 Å². The number of nitrogens with zero attached hydrogens (tertiary/aromatic N) is 2. The van der Waals surface area contributed by atoms with Gasteiger partial charge in [-0.15, -0.1) is 0 Å². The second-order valence-corrected chi connectivity index (χ2v) is 5.00. The first-order valence-corrected chi connectivity index (χ1v) is 6.79. The molecule has 8 nitrogen and oxygen atoms in total. The molecule has 0 unspecified atom stereocenters. The van der Waals surface area contributed by atoms with Crippen LogP contribution in [0.25, 0.3) is 11.0 Å². The van der Waals surface area contributed by atoms with Crippen molar-refractivity contribution in [3.05, 3.63) is 63.0 Å². The van der Waals surface area contributed by atoms with Crippen molar-refractivity contribution in [2.24, 2.45) is 14.1 Å². The molecule has 0 fully saturated rings. The fourth-order valence-corrected chi connectivity index (χ4v) is 2.13. The Morgan fingerprint density at radius 1 is 1.09 bits per heavy atom. The van der Waals surface area contributed by atoms with Crippen LogP contribution < -0.4 is 22.1 Å². The van der Waals surface area contributed by atoms with Crippen LogP contribution in [0.3, 0.4) is 0 Å². The second-order valence-electron chi connectivity index (χ2n) is 5.00. The van der Waals surface area contributed by atoms with Crippen molar-refractivity contribution in [2.75, 3.05) is 5.43 Å². The Morgan fingerprint density at radius 3 is 2.57 bits per heavy atom. The minimum atomic E-state index is -0.519. The lowest BCUT2D eigenvalue weighted by atomic mass is 10.2. The Morgan fingerprint density at radius 2 is 1.83 bits per heavy atom. The van der Waals surface area contributed by atoms with Crippen molar-refractivity contribution in [3.63, 3.8) is 0 Å². The monoisotopic (exact) mass is 314 g/mol. The Hall–Kier alpha value is -3.29. The maximum atomic E-state index is 12.1. The molecule has 1 aromatic carbocycles. The van der Waals surface area contributed by atoms with Gasteiger partial charge in [-0.25, -0.2) is 4.79 Å². The average molecular weight is 314 g/mol. The number of fused-ring (bicyclic) bond motifs is 1. The molecule has 0 atom stereocenters. The summed E-state index contributed by atoms with van der Waals surface area (Å²) in [6.07, 6.45) is 0. The zero-order valence-corrected chi connectivity index (χ0v) is 12.5. The number of hydrazine groups is 1. The van der Waals surface area contributed by atoms with E-state index < -0.39 is 17.2 Å². The molecule has 0 spiro atoms. The number of aromatic nitrogens is 2. The molecule has 0 aliphatic rings. The zero-order chi connectivity index (χ0) is 16.6. The first-order valence-electron chi connectivity index (χ1n) is 6.79. The minimum Gasteiger partial charge on any atom is -0.451 e. The van der Waals surface area contributed by atoms with Crippen molar-refractivity contribution < 1.29 is 9.21 Å². The number of carbonyl (C=O) groups is 1. The van der Waals surface area contributed by atoms with Crippen LogP contribution in [0.1, 0.15) is 10.6 Å². The Labute approximate surface area is 129 Å². The topological polar surface area (TPSA) is 98.3 Å². The van der Waals surface area contributed by atoms with Crippen LogP contribution in [-0.4, -0.2) is 15.0 Å². The molecule has 0 bridgehead atoms. The van der Waals surface area contributed by atoms with E-state index in [1.54, 1.807) is 18.2 Å². The number of para-hydroxylation sites is 1. The van der Waals surface area contributed by atoms with Gasteiger partial charge in [0.1, 0.15) is 11.4 Å². The number of carbonyl (C=O) groups excluding carboxylic acids is 1.